The fourth-order valence-corrected chi connectivity index (χ4v) is 3.35. The van der Waals surface area contributed by atoms with Crippen molar-refractivity contribution in [2.24, 2.45) is 0 Å². The Morgan fingerprint density at radius 2 is 1.92 bits per heavy atom. The summed E-state index contributed by atoms with van der Waals surface area (Å²) in [5, 5.41) is 21.5. The van der Waals surface area contributed by atoms with E-state index in [-0.39, 0.29) is 5.69 Å². The molecule has 3 aromatic rings. The van der Waals surface area contributed by atoms with Crippen LogP contribution in [0.15, 0.2) is 59.6 Å². The van der Waals surface area contributed by atoms with Crippen molar-refractivity contribution in [2.75, 3.05) is 0 Å². The highest BCUT2D eigenvalue weighted by Crippen LogP contribution is 2.37. The molecule has 2 aromatic carbocycles. The van der Waals surface area contributed by atoms with E-state index in [1.807, 2.05) is 37.3 Å². The molecule has 0 saturated carbocycles. The molecule has 6 nitrogen and oxygen atoms in total. The molecule has 0 aliphatic carbocycles. The molecular formula is C18H12N4O2S. The van der Waals surface area contributed by atoms with E-state index in [0.29, 0.717) is 10.7 Å². The van der Waals surface area contributed by atoms with E-state index in [0.717, 1.165) is 21.5 Å². The molecule has 0 fully saturated rings. The number of thioether (sulfide) groups is 1. The lowest BCUT2D eigenvalue weighted by Crippen LogP contribution is -1.93. The Kier molecular flexibility index (Phi) is 4.73. The van der Waals surface area contributed by atoms with Gasteiger partial charge in [0, 0.05) is 28.5 Å². The summed E-state index contributed by atoms with van der Waals surface area (Å²) in [4.78, 5) is 19.9. The Balaban J connectivity index is 2.03. The fourth-order valence-electron chi connectivity index (χ4n) is 2.32. The Morgan fingerprint density at radius 3 is 2.60 bits per heavy atom. The lowest BCUT2D eigenvalue weighted by molar-refractivity contribution is -0.384. The van der Waals surface area contributed by atoms with Crippen LogP contribution in [-0.4, -0.2) is 14.9 Å². The predicted molar refractivity (Wildman–Crippen MR) is 96.8 cm³/mol. The summed E-state index contributed by atoms with van der Waals surface area (Å²) in [6.45, 7) is 1.82. The lowest BCUT2D eigenvalue weighted by atomic mass is 10.2. The quantitative estimate of drug-likeness (QED) is 0.226. The first kappa shape index (κ1) is 16.6. The average molecular weight is 348 g/mol. The Morgan fingerprint density at radius 1 is 1.20 bits per heavy atom. The molecule has 0 radical (unpaired) electrons. The molecule has 0 amide bonds. The SMILES string of the molecule is Cc1nc(S/C(=C\C#N)c2ccc([N+](=O)[O-])cc2)c2ccccc2n1. The number of allylic oxidation sites excluding steroid dienone is 1. The highest BCUT2D eigenvalue weighted by Gasteiger charge is 2.12. The van der Waals surface area contributed by atoms with Crippen molar-refractivity contribution in [3.8, 4) is 6.07 Å². The summed E-state index contributed by atoms with van der Waals surface area (Å²) in [5.74, 6) is 0.640. The van der Waals surface area contributed by atoms with Gasteiger partial charge in [-0.3, -0.25) is 10.1 Å². The number of aromatic nitrogens is 2. The van der Waals surface area contributed by atoms with Gasteiger partial charge in [-0.1, -0.05) is 30.0 Å². The van der Waals surface area contributed by atoms with Gasteiger partial charge in [0.15, 0.2) is 0 Å². The van der Waals surface area contributed by atoms with Gasteiger partial charge in [-0.05, 0) is 30.7 Å². The molecular weight excluding hydrogens is 336 g/mol. The molecule has 1 aromatic heterocycles. The van der Waals surface area contributed by atoms with E-state index in [4.69, 9.17) is 5.26 Å². The van der Waals surface area contributed by atoms with E-state index < -0.39 is 4.92 Å². The number of rotatable bonds is 4. The molecule has 1 heterocycles. The van der Waals surface area contributed by atoms with Crippen LogP contribution in [0.4, 0.5) is 5.69 Å². The summed E-state index contributed by atoms with van der Waals surface area (Å²) >= 11 is 1.34. The number of nitrogens with zero attached hydrogens (tertiary/aromatic N) is 4. The summed E-state index contributed by atoms with van der Waals surface area (Å²) in [6, 6.07) is 15.8. The van der Waals surface area contributed by atoms with Crippen LogP contribution < -0.4 is 0 Å². The zero-order valence-corrected chi connectivity index (χ0v) is 14.0. The second-order valence-electron chi connectivity index (χ2n) is 5.14. The molecule has 0 unspecified atom stereocenters. The number of hydrogen-bond donors (Lipinski definition) is 0. The van der Waals surface area contributed by atoms with Crippen LogP contribution >= 0.6 is 11.8 Å². The molecule has 25 heavy (non-hydrogen) atoms. The number of benzene rings is 2. The molecule has 0 bridgehead atoms. The Hall–Kier alpha value is -3.24. The monoisotopic (exact) mass is 348 g/mol. The van der Waals surface area contributed by atoms with E-state index >= 15 is 0 Å². The maximum absolute atomic E-state index is 10.8. The van der Waals surface area contributed by atoms with Gasteiger partial charge in [0.05, 0.1) is 16.5 Å². The number of nitro benzene ring substituents is 1. The molecule has 122 valence electrons. The average Bonchev–Trinajstić information content (AvgIpc) is 2.61. The number of para-hydroxylation sites is 1. The van der Waals surface area contributed by atoms with E-state index in [1.165, 1.54) is 30.0 Å². The van der Waals surface area contributed by atoms with Gasteiger partial charge in [0.25, 0.3) is 5.69 Å². The van der Waals surface area contributed by atoms with Crippen molar-refractivity contribution in [3.63, 3.8) is 0 Å². The highest BCUT2D eigenvalue weighted by atomic mass is 32.2. The summed E-state index contributed by atoms with van der Waals surface area (Å²) < 4.78 is 0. The molecule has 0 aliphatic rings. The van der Waals surface area contributed by atoms with Gasteiger partial charge in [0.2, 0.25) is 0 Å². The molecule has 3 rings (SSSR count). The number of non-ortho nitro benzene ring substituents is 1. The van der Waals surface area contributed by atoms with Crippen LogP contribution in [0.2, 0.25) is 0 Å². The Bertz CT molecular complexity index is 1020. The van der Waals surface area contributed by atoms with Crippen molar-refractivity contribution < 1.29 is 4.92 Å². The van der Waals surface area contributed by atoms with Crippen LogP contribution in [0.1, 0.15) is 11.4 Å². The van der Waals surface area contributed by atoms with Crippen LogP contribution in [0.3, 0.4) is 0 Å². The van der Waals surface area contributed by atoms with Crippen molar-refractivity contribution in [1.82, 2.24) is 9.97 Å². The van der Waals surface area contributed by atoms with Crippen LogP contribution in [0.25, 0.3) is 15.8 Å². The predicted octanol–water partition coefficient (Wildman–Crippen LogP) is 4.50. The summed E-state index contributed by atoms with van der Waals surface area (Å²) in [5.41, 5.74) is 1.56. The van der Waals surface area contributed by atoms with Crippen molar-refractivity contribution >= 4 is 33.3 Å². The van der Waals surface area contributed by atoms with Gasteiger partial charge >= 0.3 is 0 Å². The number of nitro groups is 1. The maximum Gasteiger partial charge on any atom is 0.269 e. The first-order chi connectivity index (χ1) is 12.1. The zero-order chi connectivity index (χ0) is 17.8. The number of nitriles is 1. The molecule has 0 N–H and O–H groups in total. The minimum atomic E-state index is -0.452. The fraction of sp³-hybridized carbons (Fsp3) is 0.0556. The molecule has 7 heteroatoms. The maximum atomic E-state index is 10.8. The third-order valence-electron chi connectivity index (χ3n) is 3.44. The first-order valence-corrected chi connectivity index (χ1v) is 8.16. The van der Waals surface area contributed by atoms with E-state index in [2.05, 4.69) is 9.97 Å². The van der Waals surface area contributed by atoms with Gasteiger partial charge in [0.1, 0.15) is 10.9 Å². The van der Waals surface area contributed by atoms with E-state index in [1.54, 1.807) is 12.1 Å². The summed E-state index contributed by atoms with van der Waals surface area (Å²) in [6.07, 6.45) is 1.41. The second-order valence-corrected chi connectivity index (χ2v) is 6.17. The van der Waals surface area contributed by atoms with Crippen molar-refractivity contribution in [1.29, 1.82) is 5.26 Å². The zero-order valence-electron chi connectivity index (χ0n) is 13.2. The smallest absolute Gasteiger partial charge is 0.258 e. The standard InChI is InChI=1S/C18H12N4O2S/c1-12-20-16-5-3-2-4-15(16)18(21-12)25-17(10-11-19)13-6-8-14(9-7-13)22(23)24/h2-10H,1H3/b17-10-. The van der Waals surface area contributed by atoms with Crippen molar-refractivity contribution in [3.05, 3.63) is 76.1 Å². The molecule has 0 atom stereocenters. The minimum absolute atomic E-state index is 0.00777. The summed E-state index contributed by atoms with van der Waals surface area (Å²) in [7, 11) is 0. The highest BCUT2D eigenvalue weighted by molar-refractivity contribution is 8.08. The van der Waals surface area contributed by atoms with Gasteiger partial charge in [-0.15, -0.1) is 0 Å². The van der Waals surface area contributed by atoms with E-state index in [9.17, 15) is 10.1 Å². The molecule has 0 spiro atoms. The van der Waals surface area contributed by atoms with Gasteiger partial charge < -0.3 is 0 Å². The number of hydrogen-bond acceptors (Lipinski definition) is 6. The third kappa shape index (κ3) is 3.65. The third-order valence-corrected chi connectivity index (χ3v) is 4.52. The second kappa shape index (κ2) is 7.11. The van der Waals surface area contributed by atoms with Gasteiger partial charge in [-0.2, -0.15) is 5.26 Å². The largest absolute Gasteiger partial charge is 0.269 e. The topological polar surface area (TPSA) is 92.7 Å². The normalized spacial score (nSPS) is 11.3. The lowest BCUT2D eigenvalue weighted by Gasteiger charge is -2.09. The Labute approximate surface area is 148 Å². The van der Waals surface area contributed by atoms with Crippen LogP contribution in [0.5, 0.6) is 0 Å². The van der Waals surface area contributed by atoms with Crippen LogP contribution in [-0.2, 0) is 0 Å². The van der Waals surface area contributed by atoms with Gasteiger partial charge in [-0.25, -0.2) is 9.97 Å². The molecule has 0 aliphatic heterocycles. The minimum Gasteiger partial charge on any atom is -0.258 e. The van der Waals surface area contributed by atoms with Crippen molar-refractivity contribution in [2.45, 2.75) is 11.9 Å². The first-order valence-electron chi connectivity index (χ1n) is 7.34. The molecule has 0 saturated heterocycles. The van der Waals surface area contributed by atoms with Crippen LogP contribution in [0, 0.1) is 28.4 Å². The number of fused-ring (bicyclic) bond motifs is 1. The number of aryl methyl sites for hydroxylation is 1.